The molecular formula is C13H19Br2NO. The summed E-state index contributed by atoms with van der Waals surface area (Å²) in [5.41, 5.74) is 0. The van der Waals surface area contributed by atoms with Gasteiger partial charge in [0.1, 0.15) is 5.76 Å². The summed E-state index contributed by atoms with van der Waals surface area (Å²) in [6.07, 6.45) is 8.48. The number of halogens is 2. The zero-order valence-electron chi connectivity index (χ0n) is 9.98. The zero-order chi connectivity index (χ0) is 12.1. The second-order valence-electron chi connectivity index (χ2n) is 4.80. The minimum Gasteiger partial charge on any atom is -0.452 e. The number of furan rings is 1. The molecule has 2 rings (SSSR count). The summed E-state index contributed by atoms with van der Waals surface area (Å²) >= 11 is 6.77. The van der Waals surface area contributed by atoms with Gasteiger partial charge >= 0.3 is 0 Å². The van der Waals surface area contributed by atoms with Crippen molar-refractivity contribution in [3.63, 3.8) is 0 Å². The molecule has 1 aliphatic carbocycles. The second kappa shape index (κ2) is 6.95. The van der Waals surface area contributed by atoms with Crippen molar-refractivity contribution in [2.24, 2.45) is 5.92 Å². The molecule has 17 heavy (non-hydrogen) atoms. The van der Waals surface area contributed by atoms with Crippen LogP contribution in [0, 0.1) is 5.92 Å². The topological polar surface area (TPSA) is 25.2 Å². The normalized spacial score (nSPS) is 17.5. The van der Waals surface area contributed by atoms with Gasteiger partial charge in [-0.3, -0.25) is 0 Å². The first-order valence-corrected chi connectivity index (χ1v) is 7.98. The number of hydrogen-bond donors (Lipinski definition) is 1. The summed E-state index contributed by atoms with van der Waals surface area (Å²) in [4.78, 5) is 0. The van der Waals surface area contributed by atoms with Crippen molar-refractivity contribution in [3.8, 4) is 0 Å². The first kappa shape index (κ1) is 13.6. The first-order valence-electron chi connectivity index (χ1n) is 6.40. The molecule has 1 aromatic heterocycles. The minimum atomic E-state index is 0.779. The molecule has 0 saturated heterocycles. The maximum absolute atomic E-state index is 5.51. The molecule has 1 aromatic rings. The molecule has 4 heteroatoms. The molecule has 0 amide bonds. The van der Waals surface area contributed by atoms with Gasteiger partial charge in [-0.1, -0.05) is 32.1 Å². The lowest BCUT2D eigenvalue weighted by Crippen LogP contribution is -2.18. The molecule has 0 spiro atoms. The van der Waals surface area contributed by atoms with Crippen LogP contribution < -0.4 is 5.32 Å². The van der Waals surface area contributed by atoms with Crippen LogP contribution in [0.1, 0.15) is 44.3 Å². The van der Waals surface area contributed by atoms with Gasteiger partial charge in [0.25, 0.3) is 0 Å². The molecule has 1 saturated carbocycles. The van der Waals surface area contributed by atoms with E-state index in [-0.39, 0.29) is 0 Å². The Balaban J connectivity index is 1.62. The molecule has 0 radical (unpaired) electrons. The molecule has 2 nitrogen and oxygen atoms in total. The summed E-state index contributed by atoms with van der Waals surface area (Å²) in [6.45, 7) is 1.91. The SMILES string of the molecule is Brc1cc(CNCCC2CCCCC2)oc1Br. The average molecular weight is 365 g/mol. The second-order valence-corrected chi connectivity index (χ2v) is 6.38. The highest BCUT2D eigenvalue weighted by Crippen LogP contribution is 2.27. The zero-order valence-corrected chi connectivity index (χ0v) is 13.1. The van der Waals surface area contributed by atoms with Crippen molar-refractivity contribution < 1.29 is 4.42 Å². The van der Waals surface area contributed by atoms with Crippen LogP contribution in [0.25, 0.3) is 0 Å². The molecule has 1 heterocycles. The van der Waals surface area contributed by atoms with Crippen LogP contribution in [0.15, 0.2) is 19.6 Å². The number of nitrogens with one attached hydrogen (secondary N) is 1. The van der Waals surface area contributed by atoms with Crippen LogP contribution in [-0.2, 0) is 6.54 Å². The highest BCUT2D eigenvalue weighted by atomic mass is 79.9. The maximum atomic E-state index is 5.51. The lowest BCUT2D eigenvalue weighted by Gasteiger charge is -2.21. The Labute approximate surface area is 120 Å². The lowest BCUT2D eigenvalue weighted by atomic mass is 9.87. The summed E-state index contributed by atoms with van der Waals surface area (Å²) in [6, 6.07) is 2.01. The van der Waals surface area contributed by atoms with E-state index in [1.54, 1.807) is 0 Å². The number of hydrogen-bond acceptors (Lipinski definition) is 2. The Hall–Kier alpha value is 0.200. The summed E-state index contributed by atoms with van der Waals surface area (Å²) in [5.74, 6) is 1.93. The molecule has 1 fully saturated rings. The monoisotopic (exact) mass is 363 g/mol. The van der Waals surface area contributed by atoms with Gasteiger partial charge < -0.3 is 9.73 Å². The molecule has 0 aliphatic heterocycles. The molecule has 0 aromatic carbocycles. The molecule has 0 atom stereocenters. The Morgan fingerprint density at radius 3 is 2.65 bits per heavy atom. The molecule has 0 unspecified atom stereocenters. The van der Waals surface area contributed by atoms with Gasteiger partial charge in [-0.2, -0.15) is 0 Å². The van der Waals surface area contributed by atoms with Gasteiger partial charge in [-0.25, -0.2) is 0 Å². The predicted octanol–water partition coefficient (Wildman–Crippen LogP) is 4.86. The van der Waals surface area contributed by atoms with Crippen molar-refractivity contribution >= 4 is 31.9 Å². The predicted molar refractivity (Wildman–Crippen MR) is 77.0 cm³/mol. The van der Waals surface area contributed by atoms with Crippen LogP contribution in [0.2, 0.25) is 0 Å². The molecular weight excluding hydrogens is 346 g/mol. The quantitative estimate of drug-likeness (QED) is 0.754. The van der Waals surface area contributed by atoms with E-state index in [1.165, 1.54) is 38.5 Å². The van der Waals surface area contributed by atoms with Crippen LogP contribution in [0.3, 0.4) is 0 Å². The minimum absolute atomic E-state index is 0.779. The lowest BCUT2D eigenvalue weighted by molar-refractivity contribution is 0.331. The summed E-state index contributed by atoms with van der Waals surface area (Å²) in [7, 11) is 0. The van der Waals surface area contributed by atoms with E-state index in [0.717, 1.165) is 33.9 Å². The largest absolute Gasteiger partial charge is 0.452 e. The van der Waals surface area contributed by atoms with E-state index >= 15 is 0 Å². The Morgan fingerprint density at radius 1 is 1.24 bits per heavy atom. The van der Waals surface area contributed by atoms with Crippen molar-refractivity contribution in [3.05, 3.63) is 21.0 Å². The van der Waals surface area contributed by atoms with E-state index in [0.29, 0.717) is 0 Å². The Morgan fingerprint density at radius 2 is 2.00 bits per heavy atom. The highest BCUT2D eigenvalue weighted by molar-refractivity contribution is 9.13. The van der Waals surface area contributed by atoms with Gasteiger partial charge in [-0.15, -0.1) is 0 Å². The first-order chi connectivity index (χ1) is 8.25. The Kier molecular flexibility index (Phi) is 5.57. The van der Waals surface area contributed by atoms with E-state index in [9.17, 15) is 0 Å². The van der Waals surface area contributed by atoms with Gasteiger partial charge in [0.2, 0.25) is 0 Å². The van der Waals surface area contributed by atoms with Crippen molar-refractivity contribution in [1.82, 2.24) is 5.32 Å². The molecule has 1 N–H and O–H groups in total. The van der Waals surface area contributed by atoms with Gasteiger partial charge in [0.05, 0.1) is 11.0 Å². The molecule has 96 valence electrons. The highest BCUT2D eigenvalue weighted by Gasteiger charge is 2.12. The van der Waals surface area contributed by atoms with Gasteiger partial charge in [-0.05, 0) is 56.8 Å². The van der Waals surface area contributed by atoms with E-state index < -0.39 is 0 Å². The van der Waals surface area contributed by atoms with Crippen LogP contribution in [0.5, 0.6) is 0 Å². The van der Waals surface area contributed by atoms with Crippen LogP contribution in [0.4, 0.5) is 0 Å². The van der Waals surface area contributed by atoms with Gasteiger partial charge in [0.15, 0.2) is 4.67 Å². The fourth-order valence-electron chi connectivity index (χ4n) is 2.47. The van der Waals surface area contributed by atoms with E-state index in [1.807, 2.05) is 6.07 Å². The Bertz CT molecular complexity index is 326. The van der Waals surface area contributed by atoms with E-state index in [4.69, 9.17) is 4.42 Å². The summed E-state index contributed by atoms with van der Waals surface area (Å²) < 4.78 is 7.28. The van der Waals surface area contributed by atoms with Gasteiger partial charge in [0, 0.05) is 0 Å². The third-order valence-electron chi connectivity index (χ3n) is 3.45. The van der Waals surface area contributed by atoms with Crippen molar-refractivity contribution in [2.75, 3.05) is 6.54 Å². The maximum Gasteiger partial charge on any atom is 0.183 e. The van der Waals surface area contributed by atoms with E-state index in [2.05, 4.69) is 37.2 Å². The molecule has 0 bridgehead atoms. The fourth-order valence-corrected chi connectivity index (χ4v) is 3.13. The fraction of sp³-hybridized carbons (Fsp3) is 0.692. The standard InChI is InChI=1S/C13H19Br2NO/c14-12-8-11(17-13(12)15)9-16-7-6-10-4-2-1-3-5-10/h8,10,16H,1-7,9H2. The average Bonchev–Trinajstić information content (AvgIpc) is 2.66. The van der Waals surface area contributed by atoms with Crippen LogP contribution >= 0.6 is 31.9 Å². The third-order valence-corrected chi connectivity index (χ3v) is 5.16. The molecule has 1 aliphatic rings. The van der Waals surface area contributed by atoms with Crippen molar-refractivity contribution in [1.29, 1.82) is 0 Å². The van der Waals surface area contributed by atoms with Crippen molar-refractivity contribution in [2.45, 2.75) is 45.1 Å². The third kappa shape index (κ3) is 4.42. The van der Waals surface area contributed by atoms with Crippen LogP contribution in [-0.4, -0.2) is 6.54 Å². The smallest absolute Gasteiger partial charge is 0.183 e. The summed E-state index contributed by atoms with van der Waals surface area (Å²) in [5, 5.41) is 3.45. The number of rotatable bonds is 5.